The van der Waals surface area contributed by atoms with Crippen molar-refractivity contribution in [3.05, 3.63) is 61.4 Å². The van der Waals surface area contributed by atoms with Crippen molar-refractivity contribution in [3.63, 3.8) is 0 Å². The van der Waals surface area contributed by atoms with Crippen LogP contribution in [0.1, 0.15) is 89.9 Å². The predicted molar refractivity (Wildman–Crippen MR) is 257 cm³/mol. The molecule has 4 heterocycles. The van der Waals surface area contributed by atoms with Crippen molar-refractivity contribution in [2.75, 3.05) is 92.2 Å². The van der Waals surface area contributed by atoms with Gasteiger partial charge in [0.15, 0.2) is 0 Å². The highest BCUT2D eigenvalue weighted by molar-refractivity contribution is 6.14. The molecule has 400 valence electrons. The van der Waals surface area contributed by atoms with E-state index in [1.54, 1.807) is 0 Å². The summed E-state index contributed by atoms with van der Waals surface area (Å²) < 4.78 is 29.3. The van der Waals surface area contributed by atoms with Gasteiger partial charge in [-0.2, -0.15) is 0 Å². The van der Waals surface area contributed by atoms with Gasteiger partial charge in [-0.05, 0) is 38.5 Å². The fourth-order valence-corrected chi connectivity index (χ4v) is 7.32. The Labute approximate surface area is 424 Å². The van der Waals surface area contributed by atoms with E-state index in [0.717, 1.165) is 19.6 Å². The van der Waals surface area contributed by atoms with Gasteiger partial charge in [-0.1, -0.05) is 6.58 Å². The second-order valence-electron chi connectivity index (χ2n) is 17.4. The fraction of sp³-hybridized carbons (Fsp3) is 0.569. The maximum Gasteiger partial charge on any atom is 0.253 e. The molecule has 8 amide bonds. The van der Waals surface area contributed by atoms with Crippen molar-refractivity contribution in [1.82, 2.24) is 19.6 Å². The summed E-state index contributed by atoms with van der Waals surface area (Å²) >= 11 is 0. The zero-order chi connectivity index (χ0) is 53.4. The molecule has 0 spiro atoms. The fourth-order valence-electron chi connectivity index (χ4n) is 7.32. The van der Waals surface area contributed by atoms with Crippen LogP contribution in [-0.4, -0.2) is 187 Å². The minimum absolute atomic E-state index is 0.0190. The lowest BCUT2D eigenvalue weighted by atomic mass is 9.92. The molecule has 4 aliphatic rings. The summed E-state index contributed by atoms with van der Waals surface area (Å²) in [6.45, 7) is 6.13. The number of hydrogen-bond acceptors (Lipinski definition) is 18. The van der Waals surface area contributed by atoms with E-state index in [0.29, 0.717) is 64.8 Å². The van der Waals surface area contributed by atoms with Gasteiger partial charge < -0.3 is 28.8 Å². The Bertz CT molecular complexity index is 1970. The quantitative estimate of drug-likeness (QED) is 0.0517. The molecule has 0 saturated carbocycles. The summed E-state index contributed by atoms with van der Waals surface area (Å²) in [6.07, 6.45) is 15.5. The topological polar surface area (TPSA) is 284 Å². The van der Waals surface area contributed by atoms with Gasteiger partial charge in [-0.3, -0.25) is 77.1 Å². The highest BCUT2D eigenvalue weighted by Gasteiger charge is 2.33. The van der Waals surface area contributed by atoms with Crippen LogP contribution in [0, 0.1) is 5.41 Å². The molecule has 22 nitrogen and oxygen atoms in total. The molecule has 4 rings (SSSR count). The van der Waals surface area contributed by atoms with Gasteiger partial charge in [0, 0.05) is 153 Å². The second-order valence-corrected chi connectivity index (χ2v) is 17.4. The number of imide groups is 4. The largest absolute Gasteiger partial charge is 0.501 e. The van der Waals surface area contributed by atoms with Crippen LogP contribution in [-0.2, 0) is 81.2 Å². The van der Waals surface area contributed by atoms with E-state index in [9.17, 15) is 57.5 Å². The van der Waals surface area contributed by atoms with Gasteiger partial charge in [0.1, 0.15) is 23.1 Å². The van der Waals surface area contributed by atoms with Crippen LogP contribution in [0.25, 0.3) is 0 Å². The van der Waals surface area contributed by atoms with Crippen LogP contribution in [0.4, 0.5) is 0 Å². The lowest BCUT2D eigenvalue weighted by Gasteiger charge is -2.32. The molecule has 22 heteroatoms. The second kappa shape index (κ2) is 34.1. The lowest BCUT2D eigenvalue weighted by molar-refractivity contribution is -0.139. The third-order valence-corrected chi connectivity index (χ3v) is 11.5. The van der Waals surface area contributed by atoms with Crippen molar-refractivity contribution in [2.24, 2.45) is 5.41 Å². The summed E-state index contributed by atoms with van der Waals surface area (Å²) in [5.74, 6) is -3.47. The summed E-state index contributed by atoms with van der Waals surface area (Å²) in [5.41, 5.74) is -0.758. The van der Waals surface area contributed by atoms with Gasteiger partial charge in [-0.25, -0.2) is 0 Å². The third kappa shape index (κ3) is 23.3. The number of carbonyl (C=O) groups is 12. The third-order valence-electron chi connectivity index (χ3n) is 11.5. The van der Waals surface area contributed by atoms with E-state index in [1.165, 1.54) is 54.9 Å². The van der Waals surface area contributed by atoms with Crippen molar-refractivity contribution >= 4 is 70.4 Å². The summed E-state index contributed by atoms with van der Waals surface area (Å²) in [6, 6.07) is 0. The Morgan fingerprint density at radius 3 is 1.01 bits per heavy atom. The molecule has 0 fully saturated rings. The number of nitrogens with zero attached hydrogens (tertiary/aromatic N) is 4. The Morgan fingerprint density at radius 1 is 0.397 bits per heavy atom. The number of aliphatic hydroxyl groups excluding tert-OH is 1. The van der Waals surface area contributed by atoms with E-state index < -0.39 is 40.9 Å². The number of unbranched alkanes of at least 4 members (excludes halogenated alkanes) is 2. The van der Waals surface area contributed by atoms with Crippen LogP contribution < -0.4 is 0 Å². The van der Waals surface area contributed by atoms with Gasteiger partial charge >= 0.3 is 0 Å². The average Bonchev–Trinajstić information content (AvgIpc) is 4.09. The normalized spacial score (nSPS) is 15.2. The standard InChI is InChI=1S/C41H55N3O14.C10H13NO4/c1-2-54-28-41(29-56-23-5-3-8-32(45)17-20-42-35(48)11-12-36(42)49,30-57-24-6-4-9-33(46)18-21-43-37(50)13-14-38(43)51)31-58-27-26-55-25-7-10-34(47)19-22-44-39(52)15-16-40(44)53;12-7-1-2-8(13)5-6-11-9(14)3-4-10(11)15/h2,11-16H,1,3-10,17-31H2;3-4,12H,1-2,5-7H2. The molecule has 1 N–H and O–H groups in total. The number of amides is 8. The number of hydrogen-bond donors (Lipinski definition) is 1. The van der Waals surface area contributed by atoms with Crippen molar-refractivity contribution in [1.29, 1.82) is 0 Å². The molecule has 0 aromatic carbocycles. The van der Waals surface area contributed by atoms with Crippen molar-refractivity contribution in [2.45, 2.75) is 89.9 Å². The Hall–Kier alpha value is -6.46. The summed E-state index contributed by atoms with van der Waals surface area (Å²) in [4.78, 5) is 145. The monoisotopic (exact) mass is 1020 g/mol. The lowest BCUT2D eigenvalue weighted by Crippen LogP contribution is -2.42. The first-order chi connectivity index (χ1) is 35.1. The molecule has 0 aliphatic carbocycles. The molecule has 73 heavy (non-hydrogen) atoms. The molecule has 0 aromatic rings. The van der Waals surface area contributed by atoms with Gasteiger partial charge in [0.25, 0.3) is 47.3 Å². The summed E-state index contributed by atoms with van der Waals surface area (Å²) in [7, 11) is 0. The Balaban J connectivity index is 0.000000798. The molecule has 0 aromatic heterocycles. The molecule has 0 atom stereocenters. The van der Waals surface area contributed by atoms with Crippen LogP contribution in [0.3, 0.4) is 0 Å². The maximum absolute atomic E-state index is 12.3. The van der Waals surface area contributed by atoms with Gasteiger partial charge in [-0.15, -0.1) is 0 Å². The van der Waals surface area contributed by atoms with Crippen LogP contribution >= 0.6 is 0 Å². The smallest absolute Gasteiger partial charge is 0.253 e. The zero-order valence-electron chi connectivity index (χ0n) is 41.4. The minimum Gasteiger partial charge on any atom is -0.501 e. The van der Waals surface area contributed by atoms with E-state index in [-0.39, 0.29) is 152 Å². The molecule has 4 aliphatic heterocycles. The number of Topliss-reactive ketones (excluding diaryl/α,β-unsaturated/α-hetero) is 4. The molecule has 0 bridgehead atoms. The minimum atomic E-state index is -0.758. The van der Waals surface area contributed by atoms with E-state index in [2.05, 4.69) is 6.58 Å². The van der Waals surface area contributed by atoms with Gasteiger partial charge in [0.05, 0.1) is 51.3 Å². The van der Waals surface area contributed by atoms with Crippen LogP contribution in [0.2, 0.25) is 0 Å². The first-order valence-corrected chi connectivity index (χ1v) is 24.4. The molecule has 0 radical (unpaired) electrons. The Kier molecular flexibility index (Phi) is 28.4. The van der Waals surface area contributed by atoms with Gasteiger partial charge in [0.2, 0.25) is 0 Å². The number of ether oxygens (including phenoxy) is 5. The first-order valence-electron chi connectivity index (χ1n) is 24.4. The highest BCUT2D eigenvalue weighted by Crippen LogP contribution is 2.22. The van der Waals surface area contributed by atoms with Crippen LogP contribution in [0.5, 0.6) is 0 Å². The zero-order valence-corrected chi connectivity index (χ0v) is 41.4. The summed E-state index contributed by atoms with van der Waals surface area (Å²) in [5, 5.41) is 8.50. The molecular weight excluding hydrogens is 957 g/mol. The average molecular weight is 1030 g/mol. The van der Waals surface area contributed by atoms with Crippen molar-refractivity contribution < 1.29 is 86.3 Å². The van der Waals surface area contributed by atoms with E-state index in [1.807, 2.05) is 0 Å². The predicted octanol–water partition coefficient (Wildman–Crippen LogP) is 1.62. The molecule has 0 saturated heterocycles. The SMILES string of the molecule is C=COCC(COCCCCC(=O)CCN1C(=O)C=CC1=O)(COCCCCC(=O)CCN1C(=O)C=CC1=O)COCCOCCCC(=O)CCN1C(=O)C=CC1=O.O=C(CCCO)CCN1C(=O)C=CC1=O. The number of aliphatic hydroxyl groups is 1. The first kappa shape index (κ1) is 60.8. The number of ketones is 4. The van der Waals surface area contributed by atoms with E-state index in [4.69, 9.17) is 28.8 Å². The van der Waals surface area contributed by atoms with Crippen LogP contribution in [0.15, 0.2) is 61.4 Å². The van der Waals surface area contributed by atoms with Crippen molar-refractivity contribution in [3.8, 4) is 0 Å². The van der Waals surface area contributed by atoms with E-state index >= 15 is 0 Å². The number of rotatable bonds is 41. The Morgan fingerprint density at radius 2 is 0.685 bits per heavy atom. The molecular formula is C51H68N4O18. The maximum atomic E-state index is 12.3. The molecule has 0 unspecified atom stereocenters. The highest BCUT2D eigenvalue weighted by atomic mass is 16.5. The number of carbonyl (C=O) groups excluding carboxylic acids is 12.